The van der Waals surface area contributed by atoms with Gasteiger partial charge in [-0.3, -0.25) is 0 Å². The molecule has 5 heteroatoms. The molecule has 0 unspecified atom stereocenters. The first-order valence-electron chi connectivity index (χ1n) is 5.05. The van der Waals surface area contributed by atoms with E-state index in [9.17, 15) is 9.90 Å². The van der Waals surface area contributed by atoms with Crippen molar-refractivity contribution in [1.29, 1.82) is 0 Å². The van der Waals surface area contributed by atoms with Gasteiger partial charge < -0.3 is 21.3 Å². The largest absolute Gasteiger partial charge is 0.465 e. The molecular formula is C11H16N2O3. The van der Waals surface area contributed by atoms with Crippen LogP contribution in [0.4, 0.5) is 4.79 Å². The lowest BCUT2D eigenvalue weighted by atomic mass is 10.0. The van der Waals surface area contributed by atoms with Gasteiger partial charge in [-0.1, -0.05) is 30.3 Å². The van der Waals surface area contributed by atoms with Gasteiger partial charge in [0.2, 0.25) is 0 Å². The fourth-order valence-corrected chi connectivity index (χ4v) is 1.47. The maximum Gasteiger partial charge on any atom is 0.404 e. The van der Waals surface area contributed by atoms with E-state index in [1.165, 1.54) is 0 Å². The Labute approximate surface area is 93.9 Å². The molecule has 5 N–H and O–H groups in total. The van der Waals surface area contributed by atoms with Gasteiger partial charge in [0.15, 0.2) is 0 Å². The summed E-state index contributed by atoms with van der Waals surface area (Å²) in [5.41, 5.74) is 6.27. The second kappa shape index (κ2) is 6.09. The van der Waals surface area contributed by atoms with Crippen LogP contribution in [0.1, 0.15) is 5.56 Å². The van der Waals surface area contributed by atoms with Crippen molar-refractivity contribution in [2.24, 2.45) is 5.73 Å². The topological polar surface area (TPSA) is 95.6 Å². The summed E-state index contributed by atoms with van der Waals surface area (Å²) in [7, 11) is 0. The maximum absolute atomic E-state index is 10.6. The Morgan fingerprint density at radius 1 is 1.38 bits per heavy atom. The molecule has 1 rings (SSSR count). The number of hydrogen-bond acceptors (Lipinski definition) is 3. The zero-order valence-electron chi connectivity index (χ0n) is 8.84. The number of carbonyl (C=O) groups is 1. The summed E-state index contributed by atoms with van der Waals surface area (Å²) in [5.74, 6) is 0. The first-order valence-corrected chi connectivity index (χ1v) is 5.05. The molecule has 0 fully saturated rings. The number of carboxylic acid groups (broad SMARTS) is 1. The van der Waals surface area contributed by atoms with Crippen molar-refractivity contribution in [2.75, 3.05) is 6.54 Å². The molecule has 0 saturated carbocycles. The lowest BCUT2D eigenvalue weighted by molar-refractivity contribution is 0.125. The third kappa shape index (κ3) is 3.88. The van der Waals surface area contributed by atoms with Crippen LogP contribution >= 0.6 is 0 Å². The normalized spacial score (nSPS) is 14.1. The molecule has 0 spiro atoms. The van der Waals surface area contributed by atoms with E-state index < -0.39 is 18.2 Å². The third-order valence-corrected chi connectivity index (χ3v) is 2.31. The Morgan fingerprint density at radius 2 is 2.00 bits per heavy atom. The molecule has 0 bridgehead atoms. The number of nitrogens with two attached hydrogens (primary N) is 1. The van der Waals surface area contributed by atoms with E-state index in [1.54, 1.807) is 0 Å². The van der Waals surface area contributed by atoms with E-state index in [2.05, 4.69) is 5.32 Å². The van der Waals surface area contributed by atoms with Gasteiger partial charge in [-0.25, -0.2) is 4.79 Å². The Morgan fingerprint density at radius 3 is 2.50 bits per heavy atom. The van der Waals surface area contributed by atoms with Crippen LogP contribution in [0.25, 0.3) is 0 Å². The molecule has 16 heavy (non-hydrogen) atoms. The van der Waals surface area contributed by atoms with Crippen molar-refractivity contribution in [1.82, 2.24) is 5.32 Å². The SMILES string of the molecule is NC[C@@H](O)[C@H](Cc1ccccc1)NC(=O)O. The van der Waals surface area contributed by atoms with Crippen LogP contribution < -0.4 is 11.1 Å². The molecule has 1 aromatic carbocycles. The van der Waals surface area contributed by atoms with Crippen LogP contribution in [-0.4, -0.2) is 35.0 Å². The number of nitrogens with one attached hydrogen (secondary N) is 1. The van der Waals surface area contributed by atoms with E-state index in [-0.39, 0.29) is 6.54 Å². The van der Waals surface area contributed by atoms with Crippen molar-refractivity contribution in [3.05, 3.63) is 35.9 Å². The first-order chi connectivity index (χ1) is 7.63. The van der Waals surface area contributed by atoms with Crippen molar-refractivity contribution >= 4 is 6.09 Å². The standard InChI is InChI=1S/C11H16N2O3/c12-7-10(14)9(13-11(15)16)6-8-4-2-1-3-5-8/h1-5,9-10,13-14H,6-7,12H2,(H,15,16)/t9-,10+/m0/s1. The molecule has 88 valence electrons. The Balaban J connectivity index is 2.67. The predicted octanol–water partition coefficient (Wildman–Crippen LogP) is 0.185. The lowest BCUT2D eigenvalue weighted by Crippen LogP contribution is -2.47. The highest BCUT2D eigenvalue weighted by Gasteiger charge is 2.19. The van der Waals surface area contributed by atoms with Gasteiger partial charge in [0.05, 0.1) is 12.1 Å². The Bertz CT molecular complexity index is 329. The summed E-state index contributed by atoms with van der Waals surface area (Å²) < 4.78 is 0. The molecule has 1 amide bonds. The highest BCUT2D eigenvalue weighted by atomic mass is 16.4. The molecule has 0 aliphatic rings. The molecule has 0 saturated heterocycles. The quantitative estimate of drug-likeness (QED) is 0.574. The fraction of sp³-hybridized carbons (Fsp3) is 0.364. The average molecular weight is 224 g/mol. The van der Waals surface area contributed by atoms with Crippen LogP contribution in [0, 0.1) is 0 Å². The molecule has 0 radical (unpaired) electrons. The number of benzene rings is 1. The van der Waals surface area contributed by atoms with Gasteiger partial charge >= 0.3 is 6.09 Å². The second-order valence-corrected chi connectivity index (χ2v) is 3.55. The summed E-state index contributed by atoms with van der Waals surface area (Å²) >= 11 is 0. The van der Waals surface area contributed by atoms with E-state index in [1.807, 2.05) is 30.3 Å². The van der Waals surface area contributed by atoms with Gasteiger partial charge in [-0.05, 0) is 12.0 Å². The number of aliphatic hydroxyl groups excluding tert-OH is 1. The van der Waals surface area contributed by atoms with E-state index in [0.717, 1.165) is 5.56 Å². The number of hydrogen-bond donors (Lipinski definition) is 4. The first kappa shape index (κ1) is 12.5. The van der Waals surface area contributed by atoms with Crippen LogP contribution in [0.3, 0.4) is 0 Å². The minimum Gasteiger partial charge on any atom is -0.465 e. The number of rotatable bonds is 5. The zero-order chi connectivity index (χ0) is 12.0. The number of amides is 1. The van der Waals surface area contributed by atoms with Crippen LogP contribution in [-0.2, 0) is 6.42 Å². The average Bonchev–Trinajstić information content (AvgIpc) is 2.28. The molecule has 2 atom stereocenters. The Hall–Kier alpha value is -1.59. The van der Waals surface area contributed by atoms with Crippen molar-refractivity contribution in [2.45, 2.75) is 18.6 Å². The smallest absolute Gasteiger partial charge is 0.404 e. The molecule has 5 nitrogen and oxygen atoms in total. The minimum absolute atomic E-state index is 0.0256. The Kier molecular flexibility index (Phi) is 4.75. The van der Waals surface area contributed by atoms with Crippen molar-refractivity contribution in [3.63, 3.8) is 0 Å². The van der Waals surface area contributed by atoms with E-state index >= 15 is 0 Å². The highest BCUT2D eigenvalue weighted by Crippen LogP contribution is 2.05. The molecule has 0 aliphatic carbocycles. The summed E-state index contributed by atoms with van der Waals surface area (Å²) in [4.78, 5) is 10.6. The van der Waals surface area contributed by atoms with Gasteiger partial charge in [-0.2, -0.15) is 0 Å². The molecule has 0 aromatic heterocycles. The predicted molar refractivity (Wildman–Crippen MR) is 60.2 cm³/mol. The maximum atomic E-state index is 10.6. The molecule has 0 aliphatic heterocycles. The van der Waals surface area contributed by atoms with Crippen LogP contribution in [0.15, 0.2) is 30.3 Å². The van der Waals surface area contributed by atoms with Crippen molar-refractivity contribution in [3.8, 4) is 0 Å². The van der Waals surface area contributed by atoms with Gasteiger partial charge in [0.25, 0.3) is 0 Å². The summed E-state index contributed by atoms with van der Waals surface area (Å²) in [6.45, 7) is 0.0256. The second-order valence-electron chi connectivity index (χ2n) is 3.55. The summed E-state index contributed by atoms with van der Waals surface area (Å²) in [6.07, 6.45) is -1.62. The van der Waals surface area contributed by atoms with Gasteiger partial charge in [-0.15, -0.1) is 0 Å². The summed E-state index contributed by atoms with van der Waals surface area (Å²) in [5, 5.41) is 20.5. The van der Waals surface area contributed by atoms with Crippen LogP contribution in [0.5, 0.6) is 0 Å². The van der Waals surface area contributed by atoms with Crippen molar-refractivity contribution < 1.29 is 15.0 Å². The lowest BCUT2D eigenvalue weighted by Gasteiger charge is -2.21. The zero-order valence-corrected chi connectivity index (χ0v) is 8.84. The minimum atomic E-state index is -1.16. The molecule has 0 heterocycles. The monoisotopic (exact) mass is 224 g/mol. The van der Waals surface area contributed by atoms with Gasteiger partial charge in [0.1, 0.15) is 0 Å². The molecular weight excluding hydrogens is 208 g/mol. The van der Waals surface area contributed by atoms with E-state index in [0.29, 0.717) is 6.42 Å². The summed E-state index contributed by atoms with van der Waals surface area (Å²) in [6, 6.07) is 8.77. The highest BCUT2D eigenvalue weighted by molar-refractivity contribution is 5.65. The number of aliphatic hydroxyl groups is 1. The van der Waals surface area contributed by atoms with Crippen LogP contribution in [0.2, 0.25) is 0 Å². The fourth-order valence-electron chi connectivity index (χ4n) is 1.47. The molecule has 1 aromatic rings. The third-order valence-electron chi connectivity index (χ3n) is 2.31. The van der Waals surface area contributed by atoms with E-state index in [4.69, 9.17) is 10.8 Å². The van der Waals surface area contributed by atoms with Gasteiger partial charge in [0, 0.05) is 6.54 Å².